The summed E-state index contributed by atoms with van der Waals surface area (Å²) in [5.74, 6) is -1.06. The monoisotopic (exact) mass is 555 g/mol. The zero-order valence-corrected chi connectivity index (χ0v) is 23.5. The van der Waals surface area contributed by atoms with Crippen LogP contribution < -0.4 is 14.4 Å². The van der Waals surface area contributed by atoms with Crippen LogP contribution in [0, 0.1) is 5.82 Å². The lowest BCUT2D eigenvalue weighted by atomic mass is 10.1. The third kappa shape index (κ3) is 7.79. The van der Waals surface area contributed by atoms with Crippen LogP contribution in [-0.2, 0) is 26.2 Å². The van der Waals surface area contributed by atoms with Crippen LogP contribution in [0.15, 0.2) is 83.8 Å². The summed E-state index contributed by atoms with van der Waals surface area (Å²) in [7, 11) is -2.80. The summed E-state index contributed by atoms with van der Waals surface area (Å²) in [5, 5.41) is 2.88. The molecule has 2 amide bonds. The molecule has 3 rings (SSSR count). The van der Waals surface area contributed by atoms with Gasteiger partial charge < -0.3 is 15.0 Å². The molecule has 3 aromatic rings. The van der Waals surface area contributed by atoms with Gasteiger partial charge in [0.25, 0.3) is 10.0 Å². The van der Waals surface area contributed by atoms with E-state index in [-0.39, 0.29) is 23.0 Å². The second kappa shape index (κ2) is 12.3. The van der Waals surface area contributed by atoms with Crippen LogP contribution >= 0.6 is 0 Å². The molecule has 0 aliphatic rings. The van der Waals surface area contributed by atoms with Crippen LogP contribution in [0.1, 0.15) is 33.3 Å². The fraction of sp³-hybridized carbons (Fsp3) is 0.310. The van der Waals surface area contributed by atoms with Crippen LogP contribution in [0.4, 0.5) is 10.1 Å². The molecule has 0 radical (unpaired) electrons. The van der Waals surface area contributed by atoms with Gasteiger partial charge >= 0.3 is 0 Å². The number of nitrogens with zero attached hydrogens (tertiary/aromatic N) is 2. The number of methoxy groups -OCH3 is 1. The van der Waals surface area contributed by atoms with Gasteiger partial charge in [0.05, 0.1) is 17.7 Å². The Bertz CT molecular complexity index is 1370. The third-order valence-corrected chi connectivity index (χ3v) is 7.69. The summed E-state index contributed by atoms with van der Waals surface area (Å²) in [4.78, 5) is 28.2. The fourth-order valence-corrected chi connectivity index (χ4v) is 5.26. The van der Waals surface area contributed by atoms with E-state index in [0.29, 0.717) is 5.75 Å². The fourth-order valence-electron chi connectivity index (χ4n) is 3.85. The number of halogens is 1. The Labute approximate surface area is 229 Å². The minimum Gasteiger partial charge on any atom is -0.497 e. The maximum absolute atomic E-state index is 13.8. The Kier molecular flexibility index (Phi) is 9.34. The molecule has 0 heterocycles. The third-order valence-electron chi connectivity index (χ3n) is 5.90. The van der Waals surface area contributed by atoms with Crippen molar-refractivity contribution in [2.45, 2.75) is 50.7 Å². The summed E-state index contributed by atoms with van der Waals surface area (Å²) >= 11 is 0. The van der Waals surface area contributed by atoms with Crippen molar-refractivity contribution in [1.82, 2.24) is 10.2 Å². The summed E-state index contributed by atoms with van der Waals surface area (Å²) in [6.45, 7) is 6.57. The van der Waals surface area contributed by atoms with Crippen LogP contribution in [0.25, 0.3) is 0 Å². The first-order valence-electron chi connectivity index (χ1n) is 12.4. The van der Waals surface area contributed by atoms with Crippen LogP contribution in [-0.4, -0.2) is 50.4 Å². The number of hydrogen-bond donors (Lipinski definition) is 1. The predicted molar refractivity (Wildman–Crippen MR) is 148 cm³/mol. The van der Waals surface area contributed by atoms with Crippen molar-refractivity contribution in [2.75, 3.05) is 18.0 Å². The van der Waals surface area contributed by atoms with Gasteiger partial charge in [-0.25, -0.2) is 12.8 Å². The first-order valence-corrected chi connectivity index (χ1v) is 13.8. The molecule has 0 spiro atoms. The van der Waals surface area contributed by atoms with Crippen molar-refractivity contribution in [2.24, 2.45) is 0 Å². The molecule has 1 atom stereocenters. The molecule has 0 saturated heterocycles. The van der Waals surface area contributed by atoms with Gasteiger partial charge in [-0.05, 0) is 81.8 Å². The maximum atomic E-state index is 13.8. The molecule has 0 aliphatic carbocycles. The van der Waals surface area contributed by atoms with Gasteiger partial charge in [-0.15, -0.1) is 0 Å². The van der Waals surface area contributed by atoms with E-state index in [2.05, 4.69) is 5.32 Å². The number of benzene rings is 3. The number of ether oxygens (including phenoxy) is 1. The number of carbonyl (C=O) groups is 2. The number of nitrogens with one attached hydrogen (secondary N) is 1. The van der Waals surface area contributed by atoms with Gasteiger partial charge in [-0.2, -0.15) is 0 Å². The van der Waals surface area contributed by atoms with Gasteiger partial charge in [0.15, 0.2) is 0 Å². The topological polar surface area (TPSA) is 96.0 Å². The van der Waals surface area contributed by atoms with Crippen LogP contribution in [0.5, 0.6) is 5.75 Å². The van der Waals surface area contributed by atoms with Gasteiger partial charge in [0.2, 0.25) is 11.8 Å². The van der Waals surface area contributed by atoms with Gasteiger partial charge in [0.1, 0.15) is 24.2 Å². The quantitative estimate of drug-likeness (QED) is 0.401. The molecule has 0 saturated carbocycles. The van der Waals surface area contributed by atoms with Crippen molar-refractivity contribution in [1.29, 1.82) is 0 Å². The van der Waals surface area contributed by atoms with Crippen LogP contribution in [0.3, 0.4) is 0 Å². The predicted octanol–water partition coefficient (Wildman–Crippen LogP) is 4.36. The molecule has 0 bridgehead atoms. The Morgan fingerprint density at radius 3 is 2.08 bits per heavy atom. The SMILES string of the molecule is COc1ccc(S(=O)(=O)N(CC(=O)N(Cc2ccccc2)[C@H](C)C(=O)NC(C)(C)C)c2ccc(F)cc2)cc1. The van der Waals surface area contributed by atoms with E-state index in [1.807, 2.05) is 51.1 Å². The molecule has 1 N–H and O–H groups in total. The maximum Gasteiger partial charge on any atom is 0.264 e. The van der Waals surface area contributed by atoms with Gasteiger partial charge in [0, 0.05) is 12.1 Å². The van der Waals surface area contributed by atoms with Crippen molar-refractivity contribution >= 4 is 27.5 Å². The molecule has 39 heavy (non-hydrogen) atoms. The number of hydrogen-bond acceptors (Lipinski definition) is 5. The number of sulfonamides is 1. The molecular formula is C29H34FN3O5S. The molecule has 3 aromatic carbocycles. The molecule has 8 nitrogen and oxygen atoms in total. The number of carbonyl (C=O) groups excluding carboxylic acids is 2. The minimum absolute atomic E-state index is 0.0754. The standard InChI is InChI=1S/C29H34FN3O5S/c1-21(28(35)31-29(2,3)4)32(19-22-9-7-6-8-10-22)27(34)20-33(24-13-11-23(30)12-14-24)39(36,37)26-17-15-25(38-5)16-18-26/h6-18,21H,19-20H2,1-5H3,(H,31,35)/t21-/m1/s1. The normalized spacial score (nSPS) is 12.4. The summed E-state index contributed by atoms with van der Waals surface area (Å²) < 4.78 is 47.3. The van der Waals surface area contributed by atoms with Crippen LogP contribution in [0.2, 0.25) is 0 Å². The van der Waals surface area contributed by atoms with Crippen molar-refractivity contribution in [3.05, 3.63) is 90.2 Å². The molecule has 0 fully saturated rings. The zero-order chi connectivity index (χ0) is 28.8. The number of anilines is 1. The second-order valence-electron chi connectivity index (χ2n) is 10.1. The molecular weight excluding hydrogens is 521 g/mol. The second-order valence-corrected chi connectivity index (χ2v) is 11.9. The summed E-state index contributed by atoms with van der Waals surface area (Å²) in [5.41, 5.74) is 0.338. The average Bonchev–Trinajstić information content (AvgIpc) is 2.90. The average molecular weight is 556 g/mol. The number of amides is 2. The molecule has 0 aliphatic heterocycles. The Morgan fingerprint density at radius 1 is 0.949 bits per heavy atom. The Morgan fingerprint density at radius 2 is 1.54 bits per heavy atom. The van der Waals surface area contributed by atoms with Crippen molar-refractivity contribution in [3.8, 4) is 5.75 Å². The molecule has 0 unspecified atom stereocenters. The molecule has 208 valence electrons. The lowest BCUT2D eigenvalue weighted by molar-refractivity contribution is -0.140. The van der Waals surface area contributed by atoms with E-state index >= 15 is 0 Å². The van der Waals surface area contributed by atoms with E-state index in [4.69, 9.17) is 4.74 Å². The van der Waals surface area contributed by atoms with Crippen molar-refractivity contribution < 1.29 is 27.1 Å². The highest BCUT2D eigenvalue weighted by Gasteiger charge is 2.33. The first kappa shape index (κ1) is 29.6. The Balaban J connectivity index is 2.02. The highest BCUT2D eigenvalue weighted by molar-refractivity contribution is 7.92. The van der Waals surface area contributed by atoms with E-state index in [1.54, 1.807) is 6.92 Å². The van der Waals surface area contributed by atoms with Crippen molar-refractivity contribution in [3.63, 3.8) is 0 Å². The summed E-state index contributed by atoms with van der Waals surface area (Å²) in [6.07, 6.45) is 0. The molecule has 10 heteroatoms. The first-order chi connectivity index (χ1) is 18.3. The highest BCUT2D eigenvalue weighted by Crippen LogP contribution is 2.26. The lowest BCUT2D eigenvalue weighted by Gasteiger charge is -2.33. The lowest BCUT2D eigenvalue weighted by Crippen LogP contribution is -2.54. The summed E-state index contributed by atoms with van der Waals surface area (Å²) in [6, 6.07) is 18.8. The van der Waals surface area contributed by atoms with E-state index < -0.39 is 39.9 Å². The largest absolute Gasteiger partial charge is 0.497 e. The Hall–Kier alpha value is -3.92. The minimum atomic E-state index is -4.26. The zero-order valence-electron chi connectivity index (χ0n) is 22.7. The number of rotatable bonds is 10. The van der Waals surface area contributed by atoms with E-state index in [1.165, 1.54) is 48.4 Å². The highest BCUT2D eigenvalue weighted by atomic mass is 32.2. The smallest absolute Gasteiger partial charge is 0.264 e. The van der Waals surface area contributed by atoms with Gasteiger partial charge in [-0.1, -0.05) is 30.3 Å². The van der Waals surface area contributed by atoms with E-state index in [0.717, 1.165) is 22.0 Å². The van der Waals surface area contributed by atoms with E-state index in [9.17, 15) is 22.4 Å². The molecule has 0 aromatic heterocycles. The van der Waals surface area contributed by atoms with Gasteiger partial charge in [-0.3, -0.25) is 13.9 Å².